The fraction of sp³-hybridized carbons (Fsp3) is 0.400. The highest BCUT2D eigenvalue weighted by molar-refractivity contribution is 7.99. The van der Waals surface area contributed by atoms with Crippen LogP contribution in [-0.4, -0.2) is 18.3 Å². The molecule has 0 spiro atoms. The zero-order valence-electron chi connectivity index (χ0n) is 23.2. The lowest BCUT2D eigenvalue weighted by Gasteiger charge is -2.30. The molecule has 1 atom stereocenters. The average molecular weight is 537 g/mol. The van der Waals surface area contributed by atoms with Crippen LogP contribution in [0.15, 0.2) is 58.5 Å². The predicted molar refractivity (Wildman–Crippen MR) is 161 cm³/mol. The Hall–Kier alpha value is -2.77. The van der Waals surface area contributed by atoms with Crippen molar-refractivity contribution in [2.45, 2.75) is 71.0 Å². The molecule has 0 aliphatic rings. The van der Waals surface area contributed by atoms with Crippen LogP contribution in [-0.2, 0) is 5.41 Å². The van der Waals surface area contributed by atoms with Crippen LogP contribution in [0.2, 0.25) is 0 Å². The van der Waals surface area contributed by atoms with Crippen LogP contribution in [0, 0.1) is 19.3 Å². The normalized spacial score (nSPS) is 13.5. The Morgan fingerprint density at radius 1 is 1.00 bits per heavy atom. The molecule has 0 aliphatic carbocycles. The largest absolute Gasteiger partial charge is 0.384 e. The van der Waals surface area contributed by atoms with Crippen LogP contribution in [0.5, 0.6) is 0 Å². The van der Waals surface area contributed by atoms with Crippen molar-refractivity contribution in [1.29, 1.82) is 0 Å². The molecule has 37 heavy (non-hydrogen) atoms. The fourth-order valence-corrected chi connectivity index (χ4v) is 7.05. The van der Waals surface area contributed by atoms with E-state index in [0.717, 1.165) is 0 Å². The number of rotatable bonds is 7. The molecule has 1 amide bonds. The maximum atomic E-state index is 12.6. The minimum absolute atomic E-state index is 0.0107. The van der Waals surface area contributed by atoms with Gasteiger partial charge in [0.1, 0.15) is 5.84 Å². The van der Waals surface area contributed by atoms with Gasteiger partial charge in [0, 0.05) is 15.0 Å². The van der Waals surface area contributed by atoms with E-state index in [4.69, 9.17) is 11.6 Å². The summed E-state index contributed by atoms with van der Waals surface area (Å²) in [6.07, 6.45) is 0. The molecule has 0 bridgehead atoms. The van der Waals surface area contributed by atoms with Crippen molar-refractivity contribution in [2.24, 2.45) is 22.1 Å². The molecular formula is C30H40N4OS2. The second kappa shape index (κ2) is 11.3. The first-order valence-electron chi connectivity index (χ1n) is 12.5. The predicted octanol–water partition coefficient (Wildman–Crippen LogP) is 7.17. The molecule has 1 heterocycles. The number of nitrogens with one attached hydrogen (secondary N) is 1. The molecule has 3 rings (SSSR count). The monoisotopic (exact) mass is 536 g/mol. The smallest absolute Gasteiger partial charge is 0.261 e. The Balaban J connectivity index is 1.86. The third-order valence-corrected chi connectivity index (χ3v) is 9.29. The van der Waals surface area contributed by atoms with E-state index in [1.807, 2.05) is 17.8 Å². The van der Waals surface area contributed by atoms with Gasteiger partial charge in [-0.25, -0.2) is 0 Å². The van der Waals surface area contributed by atoms with E-state index in [-0.39, 0.29) is 34.4 Å². The van der Waals surface area contributed by atoms with Crippen LogP contribution in [0.4, 0.5) is 0 Å². The molecule has 0 saturated heterocycles. The third-order valence-electron chi connectivity index (χ3n) is 6.29. The number of hydrogen-bond acceptors (Lipinski definition) is 5. The molecule has 0 fully saturated rings. The molecule has 5 nitrogen and oxygen atoms in total. The maximum Gasteiger partial charge on any atom is 0.261 e. The number of carbonyl (C=O) groups is 1. The summed E-state index contributed by atoms with van der Waals surface area (Å²) < 4.78 is 0. The Morgan fingerprint density at radius 3 is 2.11 bits per heavy atom. The number of nitrogens with two attached hydrogens (primary N) is 2. The highest BCUT2D eigenvalue weighted by Crippen LogP contribution is 2.50. The lowest BCUT2D eigenvalue weighted by Crippen LogP contribution is -2.33. The second-order valence-corrected chi connectivity index (χ2v) is 13.9. The third kappa shape index (κ3) is 7.17. The topological polar surface area (TPSA) is 93.5 Å². The standard InChI is InChI=1S/C30H40N4OS2/c1-18-15-22(16-19(2)26(18)20-9-11-21(12-10-20)29(3,4)5)36-27(30(6,7)8)23-13-14-24(37-23)28(35)33-17-25(31)34-32/h9-16,27H,17,32H2,1-8H3,(H2,31,34)(H,33,35). The summed E-state index contributed by atoms with van der Waals surface area (Å²) in [5, 5.41) is 6.35. The van der Waals surface area contributed by atoms with Crippen LogP contribution in [0.25, 0.3) is 11.1 Å². The van der Waals surface area contributed by atoms with E-state index < -0.39 is 0 Å². The van der Waals surface area contributed by atoms with Gasteiger partial charge in [0.15, 0.2) is 0 Å². The Morgan fingerprint density at radius 2 is 1.59 bits per heavy atom. The number of thiophene rings is 1. The first-order chi connectivity index (χ1) is 17.2. The summed E-state index contributed by atoms with van der Waals surface area (Å²) in [5.41, 5.74) is 12.2. The van der Waals surface area contributed by atoms with E-state index in [0.29, 0.717) is 4.88 Å². The number of thioether (sulfide) groups is 1. The molecule has 5 N–H and O–H groups in total. The van der Waals surface area contributed by atoms with Gasteiger partial charge in [0.25, 0.3) is 5.91 Å². The van der Waals surface area contributed by atoms with Crippen molar-refractivity contribution in [1.82, 2.24) is 5.32 Å². The van der Waals surface area contributed by atoms with Crippen LogP contribution in [0.3, 0.4) is 0 Å². The van der Waals surface area contributed by atoms with Gasteiger partial charge in [-0.1, -0.05) is 65.8 Å². The minimum Gasteiger partial charge on any atom is -0.384 e. The van der Waals surface area contributed by atoms with Crippen molar-refractivity contribution >= 4 is 34.8 Å². The number of carbonyl (C=O) groups excluding carboxylic acids is 1. The van der Waals surface area contributed by atoms with Gasteiger partial charge in [-0.05, 0) is 76.8 Å². The summed E-state index contributed by atoms with van der Waals surface area (Å²) in [7, 11) is 0. The molecule has 0 radical (unpaired) electrons. The molecule has 1 aromatic heterocycles. The van der Waals surface area contributed by atoms with E-state index >= 15 is 0 Å². The second-order valence-electron chi connectivity index (χ2n) is 11.6. The van der Waals surface area contributed by atoms with E-state index in [1.165, 1.54) is 48.9 Å². The molecule has 1 unspecified atom stereocenters. The maximum absolute atomic E-state index is 12.6. The summed E-state index contributed by atoms with van der Waals surface area (Å²) in [5.74, 6) is 5.17. The van der Waals surface area contributed by atoms with Gasteiger partial charge in [-0.15, -0.1) is 23.1 Å². The molecule has 0 saturated carbocycles. The van der Waals surface area contributed by atoms with Gasteiger partial charge in [-0.3, -0.25) is 4.79 Å². The lowest BCUT2D eigenvalue weighted by molar-refractivity contribution is 0.0963. The highest BCUT2D eigenvalue weighted by atomic mass is 32.2. The van der Waals surface area contributed by atoms with E-state index in [9.17, 15) is 4.79 Å². The number of aryl methyl sites for hydroxylation is 2. The van der Waals surface area contributed by atoms with Crippen molar-refractivity contribution in [2.75, 3.05) is 6.54 Å². The average Bonchev–Trinajstić information content (AvgIpc) is 3.29. The van der Waals surface area contributed by atoms with Crippen molar-refractivity contribution < 1.29 is 4.79 Å². The first kappa shape index (κ1) is 28.8. The SMILES string of the molecule is Cc1cc(SC(c2ccc(C(=O)NC/C(N)=N/N)s2)C(C)(C)C)cc(C)c1-c1ccc(C(C)(C)C)cc1. The Labute approximate surface area is 230 Å². The zero-order chi connectivity index (χ0) is 27.5. The number of nitrogens with zero attached hydrogens (tertiary/aromatic N) is 1. The molecule has 198 valence electrons. The van der Waals surface area contributed by atoms with Crippen LogP contribution in [0.1, 0.15) is 78.0 Å². The van der Waals surface area contributed by atoms with E-state index in [1.54, 1.807) is 0 Å². The number of amides is 1. The van der Waals surface area contributed by atoms with Gasteiger partial charge < -0.3 is 16.9 Å². The number of benzene rings is 2. The highest BCUT2D eigenvalue weighted by Gasteiger charge is 2.30. The summed E-state index contributed by atoms with van der Waals surface area (Å²) in [6, 6.07) is 17.5. The molecule has 2 aromatic carbocycles. The lowest BCUT2D eigenvalue weighted by atomic mass is 9.85. The van der Waals surface area contributed by atoms with Gasteiger partial charge in [-0.2, -0.15) is 5.10 Å². The van der Waals surface area contributed by atoms with Crippen molar-refractivity contribution in [3.8, 4) is 11.1 Å². The van der Waals surface area contributed by atoms with Crippen molar-refractivity contribution in [3.63, 3.8) is 0 Å². The van der Waals surface area contributed by atoms with Crippen LogP contribution < -0.4 is 16.9 Å². The molecular weight excluding hydrogens is 496 g/mol. The quantitative estimate of drug-likeness (QED) is 0.0981. The number of hydrogen-bond donors (Lipinski definition) is 3. The molecule has 7 heteroatoms. The van der Waals surface area contributed by atoms with Gasteiger partial charge in [0.2, 0.25) is 0 Å². The van der Waals surface area contributed by atoms with Gasteiger partial charge in [0.05, 0.1) is 11.4 Å². The number of amidine groups is 1. The van der Waals surface area contributed by atoms with Crippen LogP contribution >= 0.6 is 23.1 Å². The Bertz CT molecular complexity index is 1260. The molecule has 0 aliphatic heterocycles. The fourth-order valence-electron chi connectivity index (χ4n) is 4.30. The summed E-state index contributed by atoms with van der Waals surface area (Å²) >= 11 is 3.38. The number of hydrazone groups is 1. The van der Waals surface area contributed by atoms with Crippen molar-refractivity contribution in [3.05, 3.63) is 75.0 Å². The Kier molecular flexibility index (Phi) is 8.81. The zero-order valence-corrected chi connectivity index (χ0v) is 24.9. The van der Waals surface area contributed by atoms with E-state index in [2.05, 4.69) is 108 Å². The molecule has 3 aromatic rings. The first-order valence-corrected chi connectivity index (χ1v) is 14.2. The summed E-state index contributed by atoms with van der Waals surface area (Å²) in [6.45, 7) is 18.0. The summed E-state index contributed by atoms with van der Waals surface area (Å²) in [4.78, 5) is 15.6. The van der Waals surface area contributed by atoms with Gasteiger partial charge >= 0.3 is 0 Å². The minimum atomic E-state index is -0.172.